The lowest BCUT2D eigenvalue weighted by Gasteiger charge is -2.36. The van der Waals surface area contributed by atoms with Crippen molar-refractivity contribution in [3.8, 4) is 5.75 Å². The van der Waals surface area contributed by atoms with Crippen molar-refractivity contribution in [3.05, 3.63) is 95.1 Å². The quantitative estimate of drug-likeness (QED) is 0.554. The first-order valence-corrected chi connectivity index (χ1v) is 12.7. The van der Waals surface area contributed by atoms with Gasteiger partial charge in [-0.15, -0.1) is 11.8 Å². The molecule has 172 valence electrons. The Balaban J connectivity index is 1.62. The number of rotatable bonds is 4. The van der Waals surface area contributed by atoms with Gasteiger partial charge in [0.25, 0.3) is 0 Å². The maximum atomic E-state index is 14.4. The molecule has 1 spiro atoms. The van der Waals surface area contributed by atoms with Crippen molar-refractivity contribution in [2.45, 2.75) is 24.4 Å². The van der Waals surface area contributed by atoms with Crippen molar-refractivity contribution in [1.29, 1.82) is 0 Å². The molecule has 1 amide bonds. The number of aryl methyl sites for hydroxylation is 1. The second kappa shape index (κ2) is 8.00. The van der Waals surface area contributed by atoms with E-state index in [4.69, 9.17) is 4.74 Å². The lowest BCUT2D eigenvalue weighted by Crippen LogP contribution is -2.52. The average molecular weight is 471 g/mol. The molecule has 3 heterocycles. The summed E-state index contributed by atoms with van der Waals surface area (Å²) in [5.74, 6) is 1.50. The third kappa shape index (κ3) is 2.91. The van der Waals surface area contributed by atoms with Gasteiger partial charge < -0.3 is 10.1 Å². The average Bonchev–Trinajstić information content (AvgIpc) is 3.52. The van der Waals surface area contributed by atoms with Crippen molar-refractivity contribution < 1.29 is 14.3 Å². The number of thioether (sulfide) groups is 1. The summed E-state index contributed by atoms with van der Waals surface area (Å²) in [4.78, 5) is 30.7. The lowest BCUT2D eigenvalue weighted by molar-refractivity contribution is -0.127. The maximum absolute atomic E-state index is 14.4. The Hall–Kier alpha value is -3.09. The van der Waals surface area contributed by atoms with Gasteiger partial charge >= 0.3 is 0 Å². The fourth-order valence-corrected chi connectivity index (χ4v) is 7.45. The number of hydrogen-bond acceptors (Lipinski definition) is 5. The van der Waals surface area contributed by atoms with Gasteiger partial charge in [-0.2, -0.15) is 0 Å². The number of hydrogen-bond donors (Lipinski definition) is 1. The van der Waals surface area contributed by atoms with E-state index in [1.54, 1.807) is 7.11 Å². The molecule has 2 saturated heterocycles. The molecule has 0 unspecified atom stereocenters. The van der Waals surface area contributed by atoms with Gasteiger partial charge in [0.1, 0.15) is 11.3 Å². The third-order valence-corrected chi connectivity index (χ3v) is 8.67. The van der Waals surface area contributed by atoms with Crippen LogP contribution in [0.4, 0.5) is 5.69 Å². The molecular formula is C28H26N2O3S. The molecule has 6 rings (SSSR count). The van der Waals surface area contributed by atoms with Crippen LogP contribution in [0.3, 0.4) is 0 Å². The topological polar surface area (TPSA) is 58.6 Å². The normalized spacial score (nSPS) is 27.5. The molecule has 3 aliphatic rings. The Kier molecular flexibility index (Phi) is 5.04. The number of Topliss-reactive ketones (excluding diaryl/α,β-unsaturated/α-hetero) is 1. The van der Waals surface area contributed by atoms with Crippen LogP contribution in [0.1, 0.15) is 33.0 Å². The first kappa shape index (κ1) is 21.4. The highest BCUT2D eigenvalue weighted by Gasteiger charge is 2.69. The molecule has 0 radical (unpaired) electrons. The summed E-state index contributed by atoms with van der Waals surface area (Å²) in [5, 5.41) is 3.11. The highest BCUT2D eigenvalue weighted by molar-refractivity contribution is 7.99. The summed E-state index contributed by atoms with van der Waals surface area (Å²) in [5.41, 5.74) is 3.37. The predicted octanol–water partition coefficient (Wildman–Crippen LogP) is 4.82. The van der Waals surface area contributed by atoms with E-state index >= 15 is 0 Å². The molecule has 2 fully saturated rings. The number of amides is 1. The van der Waals surface area contributed by atoms with Crippen LogP contribution in [0.2, 0.25) is 0 Å². The number of ether oxygens (including phenoxy) is 1. The van der Waals surface area contributed by atoms with Crippen LogP contribution in [0, 0.1) is 12.8 Å². The fraction of sp³-hybridized carbons (Fsp3) is 0.286. The summed E-state index contributed by atoms with van der Waals surface area (Å²) < 4.78 is 5.55. The molecule has 0 aromatic heterocycles. The van der Waals surface area contributed by atoms with E-state index in [1.807, 2.05) is 79.3 Å². The lowest BCUT2D eigenvalue weighted by atomic mass is 9.69. The molecule has 3 aromatic rings. The van der Waals surface area contributed by atoms with Gasteiger partial charge in [-0.25, -0.2) is 0 Å². The van der Waals surface area contributed by atoms with Gasteiger partial charge in [0.15, 0.2) is 5.78 Å². The molecule has 34 heavy (non-hydrogen) atoms. The van der Waals surface area contributed by atoms with E-state index in [0.717, 1.165) is 28.1 Å². The van der Waals surface area contributed by atoms with Gasteiger partial charge in [-0.05, 0) is 30.7 Å². The molecule has 6 heteroatoms. The minimum absolute atomic E-state index is 0.0130. The number of anilines is 1. The fourth-order valence-electron chi connectivity index (χ4n) is 6.13. The Morgan fingerprint density at radius 2 is 1.85 bits per heavy atom. The van der Waals surface area contributed by atoms with Gasteiger partial charge in [0.05, 0.1) is 13.0 Å². The number of carbonyl (C=O) groups is 2. The van der Waals surface area contributed by atoms with Crippen LogP contribution in [0.15, 0.2) is 72.8 Å². The first-order chi connectivity index (χ1) is 16.6. The molecule has 0 aliphatic carbocycles. The summed E-state index contributed by atoms with van der Waals surface area (Å²) >= 11 is 1.83. The Morgan fingerprint density at radius 1 is 1.09 bits per heavy atom. The summed E-state index contributed by atoms with van der Waals surface area (Å²) in [6, 6.07) is 23.7. The molecule has 1 N–H and O–H groups in total. The van der Waals surface area contributed by atoms with Gasteiger partial charge in [0, 0.05) is 40.4 Å². The van der Waals surface area contributed by atoms with Crippen LogP contribution < -0.4 is 10.1 Å². The zero-order chi connectivity index (χ0) is 23.4. The molecule has 4 atom stereocenters. The second-order valence-corrected chi connectivity index (χ2v) is 10.3. The van der Waals surface area contributed by atoms with Gasteiger partial charge in [-0.3, -0.25) is 14.5 Å². The van der Waals surface area contributed by atoms with Crippen LogP contribution in [0.5, 0.6) is 5.75 Å². The number of carbonyl (C=O) groups excluding carboxylic acids is 2. The highest BCUT2D eigenvalue weighted by atomic mass is 32.2. The molecule has 3 aromatic carbocycles. The zero-order valence-electron chi connectivity index (χ0n) is 19.2. The largest absolute Gasteiger partial charge is 0.497 e. The van der Waals surface area contributed by atoms with E-state index in [9.17, 15) is 9.59 Å². The van der Waals surface area contributed by atoms with E-state index in [1.165, 1.54) is 0 Å². The summed E-state index contributed by atoms with van der Waals surface area (Å²) in [6.45, 7) is 2.01. The van der Waals surface area contributed by atoms with Crippen molar-refractivity contribution in [1.82, 2.24) is 4.90 Å². The SMILES string of the molecule is COc1ccc2c(c1)[C@]1(C(=O)N2)[C@@H](C(=O)c2ccc(C)cc2)[C@H](c2ccccc2)[C@@H]2CSCN21. The number of fused-ring (bicyclic) bond motifs is 4. The standard InChI is InChI=1S/C28H26N2O3S/c1-17-8-10-19(11-9-17)26(31)25-24(18-6-4-3-5-7-18)23-15-34-16-30(23)28(25)21-14-20(33-2)12-13-22(21)29-27(28)32/h3-14,23-25H,15-16H2,1-2H3,(H,29,32)/t23-,24+,25+,28+/m0/s1. The Bertz CT molecular complexity index is 1280. The molecule has 5 nitrogen and oxygen atoms in total. The van der Waals surface area contributed by atoms with E-state index < -0.39 is 11.5 Å². The van der Waals surface area contributed by atoms with E-state index in [-0.39, 0.29) is 23.7 Å². The minimum atomic E-state index is -1.08. The predicted molar refractivity (Wildman–Crippen MR) is 134 cm³/mol. The zero-order valence-corrected chi connectivity index (χ0v) is 20.0. The number of methoxy groups -OCH3 is 1. The van der Waals surface area contributed by atoms with Crippen LogP contribution >= 0.6 is 11.8 Å². The molecular weight excluding hydrogens is 444 g/mol. The minimum Gasteiger partial charge on any atom is -0.497 e. The van der Waals surface area contributed by atoms with Crippen molar-refractivity contribution in [3.63, 3.8) is 0 Å². The highest BCUT2D eigenvalue weighted by Crippen LogP contribution is 2.61. The van der Waals surface area contributed by atoms with Gasteiger partial charge in [0.2, 0.25) is 5.91 Å². The van der Waals surface area contributed by atoms with Crippen LogP contribution in [-0.4, -0.2) is 41.4 Å². The van der Waals surface area contributed by atoms with Crippen molar-refractivity contribution in [2.75, 3.05) is 24.1 Å². The Labute approximate surface area is 203 Å². The molecule has 0 saturated carbocycles. The summed E-state index contributed by atoms with van der Waals surface area (Å²) in [7, 11) is 1.63. The number of nitrogens with one attached hydrogen (secondary N) is 1. The molecule has 3 aliphatic heterocycles. The van der Waals surface area contributed by atoms with Crippen molar-refractivity contribution in [2.24, 2.45) is 5.92 Å². The van der Waals surface area contributed by atoms with Crippen molar-refractivity contribution >= 4 is 29.1 Å². The number of nitrogens with zero attached hydrogens (tertiary/aromatic N) is 1. The van der Waals surface area contributed by atoms with Gasteiger partial charge in [-0.1, -0.05) is 60.2 Å². The number of benzene rings is 3. The summed E-state index contributed by atoms with van der Waals surface area (Å²) in [6.07, 6.45) is 0. The first-order valence-electron chi connectivity index (χ1n) is 11.6. The molecule has 0 bridgehead atoms. The Morgan fingerprint density at radius 3 is 2.59 bits per heavy atom. The van der Waals surface area contributed by atoms with E-state index in [2.05, 4.69) is 22.3 Å². The maximum Gasteiger partial charge on any atom is 0.250 e. The van der Waals surface area contributed by atoms with E-state index in [0.29, 0.717) is 17.2 Å². The van der Waals surface area contributed by atoms with Crippen LogP contribution in [0.25, 0.3) is 0 Å². The van der Waals surface area contributed by atoms with Crippen LogP contribution in [-0.2, 0) is 10.3 Å². The monoisotopic (exact) mass is 470 g/mol. The third-order valence-electron chi connectivity index (χ3n) is 7.63. The second-order valence-electron chi connectivity index (χ2n) is 9.31. The number of ketones is 1. The smallest absolute Gasteiger partial charge is 0.250 e.